The largest absolute Gasteiger partial charge is 0.327 e. The van der Waals surface area contributed by atoms with Crippen LogP contribution in [-0.2, 0) is 29.0 Å². The SMILES string of the molecule is CCCCc1nc2c(n1Cc1ccc(-c3ccccc3C#N)cc1)CC(=NC(=O)CC(C)(CC)CC=O)C=C2. The quantitative estimate of drug-likeness (QED) is 0.262. The van der Waals surface area contributed by atoms with Crippen LogP contribution in [-0.4, -0.2) is 27.5 Å². The molecule has 0 fully saturated rings. The van der Waals surface area contributed by atoms with Crippen LogP contribution in [0.4, 0.5) is 0 Å². The lowest BCUT2D eigenvalue weighted by molar-refractivity contribution is -0.120. The number of nitrogens with zero attached hydrogens (tertiary/aromatic N) is 4. The molecule has 1 amide bonds. The average Bonchev–Trinajstić information content (AvgIpc) is 3.28. The van der Waals surface area contributed by atoms with Gasteiger partial charge in [-0.1, -0.05) is 69.7 Å². The van der Waals surface area contributed by atoms with Crippen molar-refractivity contribution in [3.63, 3.8) is 0 Å². The number of hydrogen-bond acceptors (Lipinski definition) is 4. The molecular weight excluding hydrogens is 484 g/mol. The third-order valence-corrected chi connectivity index (χ3v) is 7.65. The Kier molecular flexibility index (Phi) is 9.03. The fourth-order valence-electron chi connectivity index (χ4n) is 4.98. The predicted molar refractivity (Wildman–Crippen MR) is 155 cm³/mol. The Hall–Kier alpha value is -4.11. The van der Waals surface area contributed by atoms with Gasteiger partial charge in [-0.05, 0) is 53.2 Å². The summed E-state index contributed by atoms with van der Waals surface area (Å²) in [5, 5.41) is 9.48. The first-order valence-corrected chi connectivity index (χ1v) is 13.8. The number of amides is 1. The Morgan fingerprint density at radius 3 is 2.62 bits per heavy atom. The zero-order valence-electron chi connectivity index (χ0n) is 23.1. The van der Waals surface area contributed by atoms with Gasteiger partial charge in [-0.2, -0.15) is 5.26 Å². The molecule has 6 heteroatoms. The lowest BCUT2D eigenvalue weighted by Gasteiger charge is -2.23. The topological polar surface area (TPSA) is 88.1 Å². The van der Waals surface area contributed by atoms with Crippen molar-refractivity contribution >= 4 is 24.0 Å². The number of hydrogen-bond donors (Lipinski definition) is 0. The van der Waals surface area contributed by atoms with E-state index in [1.807, 2.05) is 50.3 Å². The molecule has 0 saturated carbocycles. The maximum Gasteiger partial charge on any atom is 0.246 e. The van der Waals surface area contributed by atoms with Crippen LogP contribution in [0.25, 0.3) is 17.2 Å². The van der Waals surface area contributed by atoms with E-state index in [-0.39, 0.29) is 17.7 Å². The molecule has 2 aromatic carbocycles. The summed E-state index contributed by atoms with van der Waals surface area (Å²) < 4.78 is 2.27. The number of aliphatic imine (C=N–C) groups is 1. The Labute approximate surface area is 231 Å². The second-order valence-electron chi connectivity index (χ2n) is 10.6. The van der Waals surface area contributed by atoms with Gasteiger partial charge >= 0.3 is 0 Å². The molecule has 0 aliphatic heterocycles. The fourth-order valence-corrected chi connectivity index (χ4v) is 4.98. The van der Waals surface area contributed by atoms with Gasteiger partial charge in [-0.15, -0.1) is 0 Å². The molecule has 0 N–H and O–H groups in total. The van der Waals surface area contributed by atoms with Gasteiger partial charge in [-0.25, -0.2) is 9.98 Å². The highest BCUT2D eigenvalue weighted by atomic mass is 16.1. The second kappa shape index (κ2) is 12.6. The number of allylic oxidation sites excluding steroid dienone is 1. The molecule has 6 nitrogen and oxygen atoms in total. The molecule has 4 rings (SSSR count). The van der Waals surface area contributed by atoms with E-state index in [0.717, 1.165) is 71.6 Å². The van der Waals surface area contributed by atoms with E-state index in [1.54, 1.807) is 0 Å². The summed E-state index contributed by atoms with van der Waals surface area (Å²) in [5.74, 6) is 0.859. The molecule has 1 aliphatic carbocycles. The summed E-state index contributed by atoms with van der Waals surface area (Å²) in [6.45, 7) is 6.81. The van der Waals surface area contributed by atoms with Gasteiger partial charge in [-0.3, -0.25) is 4.79 Å². The number of carbonyl (C=O) groups excluding carboxylic acids is 2. The standard InChI is InChI=1S/C33H36N4O2/c1-4-6-11-31-36-29-17-16-27(35-32(39)21-33(3,5-2)18-19-38)20-30(29)37(31)23-24-12-14-25(15-13-24)28-10-8-7-9-26(28)22-34/h7-10,12-17,19H,4-6,11,18,20-21,23H2,1-3H3. The van der Waals surface area contributed by atoms with Gasteiger partial charge in [0.1, 0.15) is 12.1 Å². The van der Waals surface area contributed by atoms with Crippen LogP contribution in [0.3, 0.4) is 0 Å². The predicted octanol–water partition coefficient (Wildman–Crippen LogP) is 6.74. The van der Waals surface area contributed by atoms with Crippen molar-refractivity contribution in [2.24, 2.45) is 10.4 Å². The Bertz CT molecular complexity index is 1440. The molecule has 3 aromatic rings. The van der Waals surface area contributed by atoms with E-state index >= 15 is 0 Å². The summed E-state index contributed by atoms with van der Waals surface area (Å²) in [6.07, 6.45) is 9.67. The highest BCUT2D eigenvalue weighted by Gasteiger charge is 2.26. The molecule has 1 unspecified atom stereocenters. The summed E-state index contributed by atoms with van der Waals surface area (Å²) in [6, 6.07) is 18.3. The third kappa shape index (κ3) is 6.67. The summed E-state index contributed by atoms with van der Waals surface area (Å²) in [4.78, 5) is 33.3. The Balaban J connectivity index is 1.59. The molecular formula is C33H36N4O2. The maximum absolute atomic E-state index is 12.8. The van der Waals surface area contributed by atoms with Crippen LogP contribution in [0.15, 0.2) is 59.6 Å². The van der Waals surface area contributed by atoms with E-state index in [0.29, 0.717) is 24.9 Å². The lowest BCUT2D eigenvalue weighted by Crippen LogP contribution is -2.21. The van der Waals surface area contributed by atoms with E-state index in [1.165, 1.54) is 0 Å². The number of benzene rings is 2. The summed E-state index contributed by atoms with van der Waals surface area (Å²) in [5.41, 5.74) is 6.12. The van der Waals surface area contributed by atoms with Crippen LogP contribution >= 0.6 is 0 Å². The molecule has 1 aliphatic rings. The molecule has 1 heterocycles. The van der Waals surface area contributed by atoms with Crippen molar-refractivity contribution in [3.8, 4) is 17.2 Å². The average molecular weight is 521 g/mol. The number of aryl methyl sites for hydroxylation is 1. The molecule has 39 heavy (non-hydrogen) atoms. The minimum atomic E-state index is -0.360. The van der Waals surface area contributed by atoms with E-state index in [2.05, 4.69) is 46.8 Å². The lowest BCUT2D eigenvalue weighted by atomic mass is 9.81. The highest BCUT2D eigenvalue weighted by Crippen LogP contribution is 2.30. The van der Waals surface area contributed by atoms with Crippen LogP contribution in [0, 0.1) is 16.7 Å². The summed E-state index contributed by atoms with van der Waals surface area (Å²) >= 11 is 0. The molecule has 1 aromatic heterocycles. The van der Waals surface area contributed by atoms with Gasteiger partial charge < -0.3 is 9.36 Å². The minimum absolute atomic E-state index is 0.185. The molecule has 0 bridgehead atoms. The number of carbonyl (C=O) groups is 2. The molecule has 0 spiro atoms. The van der Waals surface area contributed by atoms with Crippen LogP contribution < -0.4 is 0 Å². The van der Waals surface area contributed by atoms with Crippen molar-refractivity contribution in [2.45, 2.75) is 72.3 Å². The number of rotatable bonds is 11. The van der Waals surface area contributed by atoms with Crippen molar-refractivity contribution in [1.29, 1.82) is 5.26 Å². The van der Waals surface area contributed by atoms with Gasteiger partial charge in [0, 0.05) is 32.2 Å². The number of nitriles is 1. The first-order valence-electron chi connectivity index (χ1n) is 13.8. The third-order valence-electron chi connectivity index (χ3n) is 7.65. The first-order chi connectivity index (χ1) is 18.9. The monoisotopic (exact) mass is 520 g/mol. The Morgan fingerprint density at radius 1 is 1.15 bits per heavy atom. The molecule has 0 saturated heterocycles. The summed E-state index contributed by atoms with van der Waals surface area (Å²) in [7, 11) is 0. The van der Waals surface area contributed by atoms with Gasteiger partial charge in [0.05, 0.1) is 28.7 Å². The normalized spacial score (nSPS) is 15.0. The zero-order chi connectivity index (χ0) is 27.8. The fraction of sp³-hybridized carbons (Fsp3) is 0.364. The first kappa shape index (κ1) is 27.9. The van der Waals surface area contributed by atoms with Crippen LogP contribution in [0.5, 0.6) is 0 Å². The van der Waals surface area contributed by atoms with Gasteiger partial charge in [0.25, 0.3) is 0 Å². The minimum Gasteiger partial charge on any atom is -0.327 e. The number of fused-ring (bicyclic) bond motifs is 1. The van der Waals surface area contributed by atoms with Crippen molar-refractivity contribution < 1.29 is 9.59 Å². The van der Waals surface area contributed by atoms with E-state index in [9.17, 15) is 14.9 Å². The van der Waals surface area contributed by atoms with Gasteiger partial charge in [0.15, 0.2) is 0 Å². The van der Waals surface area contributed by atoms with Gasteiger partial charge in [0.2, 0.25) is 5.91 Å². The Morgan fingerprint density at radius 2 is 1.92 bits per heavy atom. The highest BCUT2D eigenvalue weighted by molar-refractivity contribution is 6.07. The molecule has 200 valence electrons. The van der Waals surface area contributed by atoms with Crippen molar-refractivity contribution in [3.05, 3.63) is 82.9 Å². The molecule has 0 radical (unpaired) electrons. The smallest absolute Gasteiger partial charge is 0.246 e. The maximum atomic E-state index is 12.8. The van der Waals surface area contributed by atoms with Crippen LogP contribution in [0.1, 0.15) is 81.2 Å². The van der Waals surface area contributed by atoms with E-state index in [4.69, 9.17) is 4.98 Å². The number of aromatic nitrogens is 2. The zero-order valence-corrected chi connectivity index (χ0v) is 23.1. The van der Waals surface area contributed by atoms with Crippen molar-refractivity contribution in [2.75, 3.05) is 0 Å². The molecule has 1 atom stereocenters. The van der Waals surface area contributed by atoms with Crippen molar-refractivity contribution in [1.82, 2.24) is 9.55 Å². The van der Waals surface area contributed by atoms with E-state index < -0.39 is 0 Å². The number of unbranched alkanes of at least 4 members (excludes halogenated alkanes) is 1. The van der Waals surface area contributed by atoms with Crippen LogP contribution in [0.2, 0.25) is 0 Å². The number of imidazole rings is 1. The number of aldehydes is 1. The second-order valence-corrected chi connectivity index (χ2v) is 10.6.